The minimum Gasteiger partial charge on any atom is -0.453 e. The third-order valence-electron chi connectivity index (χ3n) is 10.6. The molecule has 0 saturated carbocycles. The molecular weight excluding hydrogens is 669 g/mol. The maximum Gasteiger partial charge on any atom is 0.156 e. The van der Waals surface area contributed by atoms with Crippen molar-refractivity contribution in [3.8, 4) is 79.4 Å². The minimum atomic E-state index is 0.757. The Bertz CT molecular complexity index is 2540. The van der Waals surface area contributed by atoms with E-state index in [9.17, 15) is 0 Å². The highest BCUT2D eigenvalue weighted by Gasteiger charge is 2.36. The van der Waals surface area contributed by atoms with E-state index < -0.39 is 0 Å². The van der Waals surface area contributed by atoms with E-state index in [2.05, 4.69) is 107 Å². The molecule has 4 aliphatic heterocycles. The highest BCUT2D eigenvalue weighted by molar-refractivity contribution is 5.97. The lowest BCUT2D eigenvalue weighted by atomic mass is 9.95. The van der Waals surface area contributed by atoms with Crippen LogP contribution >= 0.6 is 0 Å². The summed E-state index contributed by atoms with van der Waals surface area (Å²) in [6.45, 7) is 0. The van der Waals surface area contributed by atoms with Gasteiger partial charge >= 0.3 is 0 Å². The predicted molar refractivity (Wildman–Crippen MR) is 212 cm³/mol. The number of anilines is 6. The molecule has 0 aliphatic carbocycles. The smallest absolute Gasteiger partial charge is 0.156 e. The molecule has 0 spiro atoms. The number of benzene rings is 8. The molecule has 0 unspecified atom stereocenters. The average Bonchev–Trinajstić information content (AvgIpc) is 3.23. The van der Waals surface area contributed by atoms with E-state index in [-0.39, 0.29) is 0 Å². The van der Waals surface area contributed by atoms with Crippen molar-refractivity contribution in [2.45, 2.75) is 0 Å². The molecule has 12 rings (SSSR count). The van der Waals surface area contributed by atoms with Gasteiger partial charge in [-0.1, -0.05) is 84.9 Å². The fourth-order valence-electron chi connectivity index (χ4n) is 8.13. The molecule has 0 atom stereocenters. The van der Waals surface area contributed by atoms with Gasteiger partial charge in [0.1, 0.15) is 11.4 Å². The Morgan fingerprint density at radius 1 is 0.241 bits per heavy atom. The Balaban J connectivity index is 0.932. The third-order valence-corrected chi connectivity index (χ3v) is 10.6. The lowest BCUT2D eigenvalue weighted by Crippen LogP contribution is -2.20. The summed E-state index contributed by atoms with van der Waals surface area (Å²) in [6, 6.07) is 58.3. The van der Waals surface area contributed by atoms with Crippen molar-refractivity contribution >= 4 is 34.1 Å². The number of hydrogen-bond donors (Lipinski definition) is 0. The normalized spacial score (nSPS) is 13.3. The van der Waals surface area contributed by atoms with Crippen molar-refractivity contribution < 1.29 is 18.9 Å². The second-order valence-electron chi connectivity index (χ2n) is 13.8. The topological polar surface area (TPSA) is 43.4 Å². The predicted octanol–water partition coefficient (Wildman–Crippen LogP) is 14.0. The Hall–Kier alpha value is -7.44. The van der Waals surface area contributed by atoms with Crippen molar-refractivity contribution in [2.75, 3.05) is 9.80 Å². The standard InChI is InChI=1S/C48H28N2O4/c1-5-19-39-35(15-1)49-36-16-2-6-20-40(36)52-44-26-33(25-43(51-39)47(44)49)31-13-9-11-29(23-31)30-12-10-14-32(24-30)34-27-45-48-46(28-34)54-42-22-8-4-18-38(42)50(48)37-17-3-7-21-41(37)53-45/h1-28H. The van der Waals surface area contributed by atoms with Crippen LogP contribution in [-0.2, 0) is 0 Å². The van der Waals surface area contributed by atoms with E-state index in [1.54, 1.807) is 0 Å². The van der Waals surface area contributed by atoms with E-state index in [0.29, 0.717) is 0 Å². The summed E-state index contributed by atoms with van der Waals surface area (Å²) in [7, 11) is 0. The highest BCUT2D eigenvalue weighted by atomic mass is 16.5. The lowest BCUT2D eigenvalue weighted by Gasteiger charge is -2.38. The van der Waals surface area contributed by atoms with Crippen LogP contribution in [0.5, 0.6) is 46.0 Å². The number of ether oxygens (including phenoxy) is 4. The SMILES string of the molecule is c1cc(-c2cccc(-c3cc4c5c(c3)Oc3ccccc3N5c3ccccc3O4)c2)cc(-c2cc3c4c(c2)Oc2ccccc2N4c2ccccc2O3)c1. The van der Waals surface area contributed by atoms with Crippen molar-refractivity contribution in [2.24, 2.45) is 0 Å². The van der Waals surface area contributed by atoms with Crippen molar-refractivity contribution in [3.63, 3.8) is 0 Å². The van der Waals surface area contributed by atoms with Crippen LogP contribution in [0.3, 0.4) is 0 Å². The summed E-state index contributed by atoms with van der Waals surface area (Å²) < 4.78 is 26.2. The van der Waals surface area contributed by atoms with Gasteiger partial charge < -0.3 is 18.9 Å². The second kappa shape index (κ2) is 11.0. The number of nitrogens with zero attached hydrogens (tertiary/aromatic N) is 2. The first-order valence-corrected chi connectivity index (χ1v) is 18.0. The first-order chi connectivity index (χ1) is 26.7. The van der Waals surface area contributed by atoms with Gasteiger partial charge in [0.05, 0.1) is 22.7 Å². The summed E-state index contributed by atoms with van der Waals surface area (Å²) in [4.78, 5) is 4.49. The molecule has 8 aromatic carbocycles. The summed E-state index contributed by atoms with van der Waals surface area (Å²) in [5.41, 5.74) is 12.1. The van der Waals surface area contributed by atoms with Gasteiger partial charge in [-0.2, -0.15) is 0 Å². The zero-order valence-corrected chi connectivity index (χ0v) is 28.7. The largest absolute Gasteiger partial charge is 0.453 e. The van der Waals surface area contributed by atoms with Crippen LogP contribution in [0.1, 0.15) is 0 Å². The van der Waals surface area contributed by atoms with E-state index in [0.717, 1.165) is 114 Å². The van der Waals surface area contributed by atoms with E-state index in [1.165, 1.54) is 0 Å². The molecule has 54 heavy (non-hydrogen) atoms. The molecule has 0 amide bonds. The Morgan fingerprint density at radius 2 is 0.519 bits per heavy atom. The van der Waals surface area contributed by atoms with Crippen LogP contribution in [-0.4, -0.2) is 0 Å². The van der Waals surface area contributed by atoms with Gasteiger partial charge in [-0.15, -0.1) is 0 Å². The monoisotopic (exact) mass is 696 g/mol. The van der Waals surface area contributed by atoms with Gasteiger partial charge in [0, 0.05) is 0 Å². The number of hydrogen-bond acceptors (Lipinski definition) is 6. The molecule has 4 aliphatic rings. The molecule has 254 valence electrons. The molecule has 6 heteroatoms. The third kappa shape index (κ3) is 4.28. The van der Waals surface area contributed by atoms with Crippen LogP contribution in [0.15, 0.2) is 170 Å². The first-order valence-electron chi connectivity index (χ1n) is 18.0. The van der Waals surface area contributed by atoms with Crippen molar-refractivity contribution in [3.05, 3.63) is 170 Å². The zero-order valence-electron chi connectivity index (χ0n) is 28.7. The summed E-state index contributed by atoms with van der Waals surface area (Å²) in [5.74, 6) is 6.26. The van der Waals surface area contributed by atoms with Gasteiger partial charge in [0.15, 0.2) is 46.0 Å². The molecule has 4 heterocycles. The lowest BCUT2D eigenvalue weighted by molar-refractivity contribution is 0.446. The van der Waals surface area contributed by atoms with Gasteiger partial charge in [-0.3, -0.25) is 9.80 Å². The fraction of sp³-hybridized carbons (Fsp3) is 0. The summed E-state index contributed by atoms with van der Waals surface area (Å²) >= 11 is 0. The summed E-state index contributed by atoms with van der Waals surface area (Å²) in [5, 5.41) is 0. The van der Waals surface area contributed by atoms with E-state index in [4.69, 9.17) is 18.9 Å². The second-order valence-corrected chi connectivity index (χ2v) is 13.8. The van der Waals surface area contributed by atoms with Crippen LogP contribution in [0, 0.1) is 0 Å². The summed E-state index contributed by atoms with van der Waals surface area (Å²) in [6.07, 6.45) is 0. The number of rotatable bonds is 3. The Kier molecular flexibility index (Phi) is 5.96. The molecular formula is C48H28N2O4. The zero-order chi connectivity index (χ0) is 35.3. The van der Waals surface area contributed by atoms with Gasteiger partial charge in [0.2, 0.25) is 0 Å². The minimum absolute atomic E-state index is 0.757. The van der Waals surface area contributed by atoms with Crippen molar-refractivity contribution in [1.82, 2.24) is 0 Å². The molecule has 0 saturated heterocycles. The average molecular weight is 697 g/mol. The maximum atomic E-state index is 6.54. The molecule has 0 aromatic heterocycles. The molecule has 8 aromatic rings. The Morgan fingerprint density at radius 3 is 0.833 bits per heavy atom. The van der Waals surface area contributed by atoms with E-state index in [1.807, 2.05) is 72.8 Å². The van der Waals surface area contributed by atoms with Crippen LogP contribution in [0.4, 0.5) is 34.1 Å². The molecule has 0 N–H and O–H groups in total. The quantitative estimate of drug-likeness (QED) is 0.183. The molecule has 0 fully saturated rings. The molecule has 0 radical (unpaired) electrons. The molecule has 6 nitrogen and oxygen atoms in total. The number of para-hydroxylation sites is 8. The van der Waals surface area contributed by atoms with Gasteiger partial charge in [0.25, 0.3) is 0 Å². The molecule has 0 bridgehead atoms. The fourth-order valence-corrected chi connectivity index (χ4v) is 8.13. The van der Waals surface area contributed by atoms with Crippen molar-refractivity contribution in [1.29, 1.82) is 0 Å². The number of fused-ring (bicyclic) bond motifs is 8. The van der Waals surface area contributed by atoms with Gasteiger partial charge in [-0.25, -0.2) is 0 Å². The van der Waals surface area contributed by atoms with Crippen LogP contribution in [0.25, 0.3) is 33.4 Å². The van der Waals surface area contributed by atoms with Crippen LogP contribution < -0.4 is 28.7 Å². The Labute approximate surface area is 311 Å². The van der Waals surface area contributed by atoms with E-state index >= 15 is 0 Å². The van der Waals surface area contributed by atoms with Gasteiger partial charge in [-0.05, 0) is 118 Å². The van der Waals surface area contributed by atoms with Crippen LogP contribution in [0.2, 0.25) is 0 Å². The first kappa shape index (κ1) is 29.2. The highest BCUT2D eigenvalue weighted by Crippen LogP contribution is 2.62. The maximum absolute atomic E-state index is 6.54.